The van der Waals surface area contributed by atoms with E-state index in [1.807, 2.05) is 43.3 Å². The fraction of sp³-hybridized carbons (Fsp3) is 0.519. The second-order valence-electron chi connectivity index (χ2n) is 19.7. The number of carbonyl (C=O) groups is 8. The Morgan fingerprint density at radius 1 is 0.861 bits per heavy atom. The van der Waals surface area contributed by atoms with Crippen molar-refractivity contribution in [1.29, 1.82) is 0 Å². The van der Waals surface area contributed by atoms with E-state index >= 15 is 14.4 Å². The molecule has 0 aliphatic carbocycles. The van der Waals surface area contributed by atoms with Gasteiger partial charge in [-0.2, -0.15) is 11.8 Å². The van der Waals surface area contributed by atoms with Crippen LogP contribution in [0.2, 0.25) is 0 Å². The lowest BCUT2D eigenvalue weighted by Crippen LogP contribution is -2.61. The van der Waals surface area contributed by atoms with E-state index in [1.165, 1.54) is 47.0 Å². The van der Waals surface area contributed by atoms with Gasteiger partial charge in [-0.3, -0.25) is 33.6 Å². The van der Waals surface area contributed by atoms with Crippen molar-refractivity contribution >= 4 is 64.6 Å². The molecular weight excluding hydrogens is 943 g/mol. The number of aromatic hydroxyl groups is 1. The molecule has 6 saturated heterocycles. The molecule has 4 N–H and O–H groups in total. The average Bonchev–Trinajstić information content (AvgIpc) is 4.01. The number of thioether (sulfide) groups is 1. The standard InChI is InChI=1S/C52H65N9O10S/c1-6-35-49(67)60-23-11-14-36(60)50(68)58(5)38(26-31-16-18-34(19-17-31)57(3)4)51(69)61-37(27-41(63)39(61)29-72-42-28-59-24-20-32(42)21-25-59)46(64)56-44(33-12-8-7-9-13-33)52(70)71-30(2)43(47(65)54-35)55-48(66)45-40(62)15-10-22-53-45/h7-10,12-13,15-19,22,30,32,35-39,42-44,62H,6,11,14,20-21,23-29H2,1-5H3,(H,54,65)(H,55,66)(H,56,64)/t30-,35-,36+,37+,38+,39+,42-,43+,44+/m1/s1. The third-order valence-electron chi connectivity index (χ3n) is 14.9. The number of likely N-dealkylation sites (N-methyl/N-ethyl adjacent to an activating group) is 1. The zero-order chi connectivity index (χ0) is 51.4. The van der Waals surface area contributed by atoms with Crippen molar-refractivity contribution in [3.63, 3.8) is 0 Å². The van der Waals surface area contributed by atoms with Gasteiger partial charge in [-0.15, -0.1) is 0 Å². The van der Waals surface area contributed by atoms with Gasteiger partial charge in [0.2, 0.25) is 29.5 Å². The van der Waals surface area contributed by atoms with Crippen LogP contribution < -0.4 is 20.9 Å². The second kappa shape index (κ2) is 22.5. The van der Waals surface area contributed by atoms with E-state index in [9.17, 15) is 29.1 Å². The van der Waals surface area contributed by atoms with E-state index in [0.29, 0.717) is 17.9 Å². The van der Waals surface area contributed by atoms with Crippen molar-refractivity contribution in [2.24, 2.45) is 5.92 Å². The van der Waals surface area contributed by atoms with E-state index in [-0.39, 0.29) is 54.6 Å². The first kappa shape index (κ1) is 51.8. The zero-order valence-electron chi connectivity index (χ0n) is 41.4. The van der Waals surface area contributed by atoms with Gasteiger partial charge >= 0.3 is 5.97 Å². The maximum atomic E-state index is 15.8. The molecule has 7 heterocycles. The summed E-state index contributed by atoms with van der Waals surface area (Å²) in [5.41, 5.74) is 1.46. The molecule has 9 rings (SSSR count). The summed E-state index contributed by atoms with van der Waals surface area (Å²) < 4.78 is 5.97. The summed E-state index contributed by atoms with van der Waals surface area (Å²) >= 11 is 1.62. The average molecular weight is 1010 g/mol. The Kier molecular flexibility index (Phi) is 16.2. The first-order valence-corrected chi connectivity index (χ1v) is 25.9. The molecule has 0 spiro atoms. The van der Waals surface area contributed by atoms with Gasteiger partial charge in [0.15, 0.2) is 17.5 Å². The number of pyridine rings is 1. The number of nitrogens with one attached hydrogen (secondary N) is 3. The molecule has 1 aromatic heterocycles. The molecule has 384 valence electrons. The number of nitrogens with zero attached hydrogens (tertiary/aromatic N) is 6. The van der Waals surface area contributed by atoms with Gasteiger partial charge in [-0.25, -0.2) is 9.78 Å². The Morgan fingerprint density at radius 2 is 1.58 bits per heavy atom. The van der Waals surface area contributed by atoms with E-state index in [4.69, 9.17) is 4.74 Å². The molecule has 0 saturated carbocycles. The minimum Gasteiger partial charge on any atom is -0.505 e. The van der Waals surface area contributed by atoms with Crippen molar-refractivity contribution in [2.45, 2.75) is 112 Å². The number of fused-ring (bicyclic) bond motifs is 5. The van der Waals surface area contributed by atoms with Gasteiger partial charge in [-0.1, -0.05) is 49.4 Å². The second-order valence-corrected chi connectivity index (χ2v) is 20.9. The predicted octanol–water partition coefficient (Wildman–Crippen LogP) is 2.08. The number of cyclic esters (lactones) is 1. The third kappa shape index (κ3) is 11.1. The molecule has 72 heavy (non-hydrogen) atoms. The van der Waals surface area contributed by atoms with Crippen LogP contribution in [0.15, 0.2) is 72.9 Å². The van der Waals surface area contributed by atoms with Crippen molar-refractivity contribution < 1.29 is 48.2 Å². The Labute approximate surface area is 423 Å². The number of rotatable bonds is 10. The van der Waals surface area contributed by atoms with Gasteiger partial charge in [0, 0.05) is 70.0 Å². The summed E-state index contributed by atoms with van der Waals surface area (Å²) in [6.07, 6.45) is 2.24. The molecule has 20 heteroatoms. The molecule has 6 aliphatic heterocycles. The summed E-state index contributed by atoms with van der Waals surface area (Å²) in [7, 11) is 5.31. The fourth-order valence-electron chi connectivity index (χ4n) is 10.7. The molecule has 3 aromatic rings. The summed E-state index contributed by atoms with van der Waals surface area (Å²) in [6, 6.07) is 9.09. The van der Waals surface area contributed by atoms with Crippen LogP contribution in [-0.4, -0.2) is 178 Å². The van der Waals surface area contributed by atoms with Crippen molar-refractivity contribution in [3.05, 3.63) is 89.7 Å². The van der Waals surface area contributed by atoms with Gasteiger partial charge in [0.25, 0.3) is 5.91 Å². The van der Waals surface area contributed by atoms with Crippen LogP contribution in [0.1, 0.15) is 80.0 Å². The number of benzene rings is 2. The minimum atomic E-state index is -1.69. The minimum absolute atomic E-state index is 0.00187. The Hall–Kier alpha value is -6.54. The zero-order valence-corrected chi connectivity index (χ0v) is 42.2. The molecule has 0 radical (unpaired) electrons. The van der Waals surface area contributed by atoms with E-state index < -0.39 is 101 Å². The van der Waals surface area contributed by atoms with Crippen LogP contribution in [0.5, 0.6) is 5.75 Å². The number of piperidine rings is 3. The van der Waals surface area contributed by atoms with Crippen LogP contribution >= 0.6 is 11.8 Å². The lowest BCUT2D eigenvalue weighted by Gasteiger charge is -2.45. The highest BCUT2D eigenvalue weighted by molar-refractivity contribution is 8.00. The summed E-state index contributed by atoms with van der Waals surface area (Å²) in [5, 5.41) is 18.7. The number of anilines is 1. The topological polar surface area (TPSA) is 231 Å². The quantitative estimate of drug-likeness (QED) is 0.213. The molecule has 19 nitrogen and oxygen atoms in total. The number of esters is 1. The van der Waals surface area contributed by atoms with Gasteiger partial charge in [0.05, 0.1) is 0 Å². The van der Waals surface area contributed by atoms with Crippen LogP contribution in [0.25, 0.3) is 0 Å². The van der Waals surface area contributed by atoms with Gasteiger partial charge < -0.3 is 50.3 Å². The van der Waals surface area contributed by atoms with Gasteiger partial charge in [-0.05, 0) is 93.4 Å². The molecule has 9 atom stereocenters. The number of hydrogen-bond acceptors (Lipinski definition) is 14. The number of ether oxygens (including phenoxy) is 1. The van der Waals surface area contributed by atoms with Crippen LogP contribution in [0, 0.1) is 5.92 Å². The number of Topliss-reactive ketones (excluding diaryl/α,β-unsaturated/α-hetero) is 1. The highest BCUT2D eigenvalue weighted by Gasteiger charge is 2.51. The molecule has 6 fully saturated rings. The highest BCUT2D eigenvalue weighted by Crippen LogP contribution is 2.38. The van der Waals surface area contributed by atoms with Crippen molar-refractivity contribution in [3.8, 4) is 5.75 Å². The molecule has 0 unspecified atom stereocenters. The van der Waals surface area contributed by atoms with Crippen LogP contribution in [-0.2, 0) is 44.7 Å². The SMILES string of the molecule is CC[C@H]1NC(=O)[C@@H](NC(=O)c2ncccc2O)[C@@H](C)OC(=O)[C@H](c2ccccc2)NC(=O)[C@@H]2CC(=O)[C@H](CS[C@@H]3CN4CCC3CC4)N2C(=O)[C@H](Cc2ccc(N(C)C)cc2)N(C)C(=O)[C@@H]2CCCN2C1=O. The normalized spacial score (nSPS) is 29.6. The largest absolute Gasteiger partial charge is 0.505 e. The number of carbonyl (C=O) groups excluding carboxylic acids is 8. The summed E-state index contributed by atoms with van der Waals surface area (Å²) in [5.74, 6) is -5.70. The summed E-state index contributed by atoms with van der Waals surface area (Å²) in [6.45, 7) is 6.06. The molecule has 2 bridgehead atoms. The number of aromatic nitrogens is 1. The number of ketones is 1. The lowest BCUT2D eigenvalue weighted by atomic mass is 9.88. The van der Waals surface area contributed by atoms with Gasteiger partial charge in [0.1, 0.15) is 48.1 Å². The van der Waals surface area contributed by atoms with Crippen LogP contribution in [0.4, 0.5) is 5.69 Å². The molecule has 6 aliphatic rings. The first-order chi connectivity index (χ1) is 34.5. The Morgan fingerprint density at radius 3 is 2.24 bits per heavy atom. The highest BCUT2D eigenvalue weighted by atomic mass is 32.2. The number of amides is 6. The van der Waals surface area contributed by atoms with E-state index in [1.54, 1.807) is 49.0 Å². The smallest absolute Gasteiger partial charge is 0.333 e. The van der Waals surface area contributed by atoms with E-state index in [2.05, 4.69) is 25.8 Å². The number of hydrogen-bond donors (Lipinski definition) is 4. The maximum absolute atomic E-state index is 15.8. The third-order valence-corrected chi connectivity index (χ3v) is 16.4. The monoisotopic (exact) mass is 1010 g/mol. The fourth-order valence-corrected chi connectivity index (χ4v) is 12.3. The predicted molar refractivity (Wildman–Crippen MR) is 267 cm³/mol. The lowest BCUT2D eigenvalue weighted by molar-refractivity contribution is -0.156. The first-order valence-electron chi connectivity index (χ1n) is 24.9. The molecular formula is C52H65N9O10S. The summed E-state index contributed by atoms with van der Waals surface area (Å²) in [4.78, 5) is 130. The van der Waals surface area contributed by atoms with Crippen LogP contribution in [0.3, 0.4) is 0 Å². The Bertz CT molecular complexity index is 2530. The molecule has 2 aromatic carbocycles. The van der Waals surface area contributed by atoms with Crippen molar-refractivity contribution in [2.75, 3.05) is 58.0 Å². The van der Waals surface area contributed by atoms with Crippen molar-refractivity contribution in [1.82, 2.24) is 40.5 Å². The van der Waals surface area contributed by atoms with E-state index in [0.717, 1.165) is 38.2 Å². The Balaban J connectivity index is 1.21. The maximum Gasteiger partial charge on any atom is 0.333 e. The molecule has 6 amide bonds.